The van der Waals surface area contributed by atoms with Crippen molar-refractivity contribution in [2.45, 2.75) is 70.8 Å². The number of pyridine rings is 1. The van der Waals surface area contributed by atoms with Gasteiger partial charge < -0.3 is 9.67 Å². The van der Waals surface area contributed by atoms with Gasteiger partial charge in [0.25, 0.3) is 0 Å². The summed E-state index contributed by atoms with van der Waals surface area (Å²) in [6, 6.07) is 13.2. The SMILES string of the molecule is CC1(C)CCC(C)(C)c2nc3c(nc21)CCc1c(-c2ccc(C(=O)O)cc2)cn(Cc2ccccn2)c1-3. The summed E-state index contributed by atoms with van der Waals surface area (Å²) in [5, 5.41) is 9.37. The van der Waals surface area contributed by atoms with E-state index in [2.05, 4.69) is 43.4 Å². The van der Waals surface area contributed by atoms with Gasteiger partial charge in [0.1, 0.15) is 5.69 Å². The Kier molecular flexibility index (Phi) is 5.34. The Morgan fingerprint density at radius 3 is 2.30 bits per heavy atom. The third-order valence-corrected chi connectivity index (χ3v) is 8.15. The van der Waals surface area contributed by atoms with E-state index in [-0.39, 0.29) is 10.8 Å². The average molecular weight is 493 g/mol. The van der Waals surface area contributed by atoms with E-state index in [1.54, 1.807) is 12.1 Å². The van der Waals surface area contributed by atoms with E-state index in [1.807, 2.05) is 36.5 Å². The van der Waals surface area contributed by atoms with Gasteiger partial charge in [0.05, 0.1) is 40.6 Å². The van der Waals surface area contributed by atoms with Crippen LogP contribution in [0.3, 0.4) is 0 Å². The predicted molar refractivity (Wildman–Crippen MR) is 144 cm³/mol. The Morgan fingerprint density at radius 1 is 0.946 bits per heavy atom. The van der Waals surface area contributed by atoms with Crippen LogP contribution < -0.4 is 0 Å². The first-order valence-electron chi connectivity index (χ1n) is 13.0. The number of hydrogen-bond donors (Lipinski definition) is 1. The van der Waals surface area contributed by atoms with E-state index < -0.39 is 5.97 Å². The van der Waals surface area contributed by atoms with E-state index in [9.17, 15) is 9.90 Å². The van der Waals surface area contributed by atoms with E-state index in [0.29, 0.717) is 12.1 Å². The molecule has 2 aliphatic carbocycles. The van der Waals surface area contributed by atoms with E-state index in [0.717, 1.165) is 71.0 Å². The van der Waals surface area contributed by atoms with Crippen LogP contribution in [0.1, 0.15) is 79.2 Å². The van der Waals surface area contributed by atoms with Crippen molar-refractivity contribution in [1.29, 1.82) is 0 Å². The van der Waals surface area contributed by atoms with Crippen molar-refractivity contribution < 1.29 is 9.90 Å². The minimum absolute atomic E-state index is 0.0140. The van der Waals surface area contributed by atoms with Crippen molar-refractivity contribution in [3.8, 4) is 22.5 Å². The molecule has 0 aliphatic heterocycles. The molecule has 37 heavy (non-hydrogen) atoms. The number of fused-ring (bicyclic) bond motifs is 4. The normalized spacial score (nSPS) is 17.0. The summed E-state index contributed by atoms with van der Waals surface area (Å²) >= 11 is 0. The molecule has 1 N–H and O–H groups in total. The summed E-state index contributed by atoms with van der Waals surface area (Å²) in [4.78, 5) is 26.7. The minimum Gasteiger partial charge on any atom is -0.478 e. The largest absolute Gasteiger partial charge is 0.478 e. The Hall–Kier alpha value is -3.80. The predicted octanol–water partition coefficient (Wildman–Crippen LogP) is 6.20. The number of rotatable bonds is 4. The van der Waals surface area contributed by atoms with Crippen LogP contribution in [0.4, 0.5) is 0 Å². The lowest BCUT2D eigenvalue weighted by molar-refractivity contribution is 0.0697. The molecule has 0 atom stereocenters. The summed E-state index contributed by atoms with van der Waals surface area (Å²) < 4.78 is 2.26. The summed E-state index contributed by atoms with van der Waals surface area (Å²) in [6.45, 7) is 9.78. The second kappa shape index (κ2) is 8.37. The van der Waals surface area contributed by atoms with Crippen molar-refractivity contribution in [1.82, 2.24) is 19.5 Å². The highest BCUT2D eigenvalue weighted by molar-refractivity contribution is 5.89. The third-order valence-electron chi connectivity index (χ3n) is 8.15. The number of carboxylic acids is 1. The molecule has 1 aromatic carbocycles. The molecule has 4 aromatic rings. The lowest BCUT2D eigenvalue weighted by atomic mass is 9.67. The maximum absolute atomic E-state index is 11.4. The Morgan fingerprint density at radius 2 is 1.65 bits per heavy atom. The van der Waals surface area contributed by atoms with Crippen LogP contribution in [-0.4, -0.2) is 30.6 Å². The van der Waals surface area contributed by atoms with E-state index in [1.165, 1.54) is 5.56 Å². The second-order valence-corrected chi connectivity index (χ2v) is 11.7. The molecule has 0 saturated carbocycles. The molecular formula is C31H32N4O2. The highest BCUT2D eigenvalue weighted by Gasteiger charge is 2.41. The summed E-state index contributed by atoms with van der Waals surface area (Å²) in [6.07, 6.45) is 7.91. The number of nitrogens with zero attached hydrogens (tertiary/aromatic N) is 4. The van der Waals surface area contributed by atoms with Crippen LogP contribution >= 0.6 is 0 Å². The zero-order chi connectivity index (χ0) is 25.9. The average Bonchev–Trinajstić information content (AvgIpc) is 3.25. The molecule has 0 saturated heterocycles. The van der Waals surface area contributed by atoms with Gasteiger partial charge in [-0.15, -0.1) is 0 Å². The molecule has 0 radical (unpaired) electrons. The molecule has 3 aromatic heterocycles. The number of hydrogen-bond acceptors (Lipinski definition) is 4. The number of aromatic carboxylic acids is 1. The fourth-order valence-corrected chi connectivity index (χ4v) is 5.85. The van der Waals surface area contributed by atoms with Crippen LogP contribution in [0.2, 0.25) is 0 Å². The lowest BCUT2D eigenvalue weighted by Crippen LogP contribution is -2.37. The molecular weight excluding hydrogens is 460 g/mol. The maximum atomic E-state index is 11.4. The highest BCUT2D eigenvalue weighted by Crippen LogP contribution is 2.47. The van der Waals surface area contributed by atoms with Gasteiger partial charge in [-0.1, -0.05) is 45.9 Å². The van der Waals surface area contributed by atoms with E-state index >= 15 is 0 Å². The molecule has 0 amide bonds. The fourth-order valence-electron chi connectivity index (χ4n) is 5.85. The van der Waals surface area contributed by atoms with Gasteiger partial charge in [0, 0.05) is 28.8 Å². The molecule has 2 aliphatic rings. The van der Waals surface area contributed by atoms with Crippen molar-refractivity contribution >= 4 is 5.97 Å². The third kappa shape index (κ3) is 3.95. The zero-order valence-electron chi connectivity index (χ0n) is 21.9. The Labute approximate surface area is 217 Å². The quantitative estimate of drug-likeness (QED) is 0.367. The van der Waals surface area contributed by atoms with Crippen LogP contribution in [0.5, 0.6) is 0 Å². The van der Waals surface area contributed by atoms with Crippen LogP contribution in [-0.2, 0) is 30.2 Å². The number of carbonyl (C=O) groups is 1. The molecule has 6 nitrogen and oxygen atoms in total. The van der Waals surface area contributed by atoms with Crippen molar-refractivity contribution in [2.75, 3.05) is 0 Å². The van der Waals surface area contributed by atoms with Gasteiger partial charge in [-0.2, -0.15) is 0 Å². The Bertz CT molecular complexity index is 1520. The number of carboxylic acid groups (broad SMARTS) is 1. The molecule has 6 heteroatoms. The van der Waals surface area contributed by atoms with Crippen molar-refractivity contribution in [2.24, 2.45) is 0 Å². The fraction of sp³-hybridized carbons (Fsp3) is 0.355. The summed E-state index contributed by atoms with van der Waals surface area (Å²) in [5.74, 6) is -0.916. The Balaban J connectivity index is 1.56. The van der Waals surface area contributed by atoms with Gasteiger partial charge in [0.2, 0.25) is 0 Å². The van der Waals surface area contributed by atoms with E-state index in [4.69, 9.17) is 9.97 Å². The topological polar surface area (TPSA) is 80.9 Å². The highest BCUT2D eigenvalue weighted by atomic mass is 16.4. The van der Waals surface area contributed by atoms with Gasteiger partial charge in [-0.3, -0.25) is 9.97 Å². The first-order valence-corrected chi connectivity index (χ1v) is 13.0. The summed E-state index contributed by atoms with van der Waals surface area (Å²) in [7, 11) is 0. The first-order chi connectivity index (χ1) is 17.6. The molecule has 188 valence electrons. The van der Waals surface area contributed by atoms with Gasteiger partial charge in [0.15, 0.2) is 0 Å². The van der Waals surface area contributed by atoms with Crippen LogP contribution in [0.15, 0.2) is 54.9 Å². The zero-order valence-corrected chi connectivity index (χ0v) is 21.9. The van der Waals surface area contributed by atoms with Crippen LogP contribution in [0, 0.1) is 0 Å². The van der Waals surface area contributed by atoms with Gasteiger partial charge in [-0.05, 0) is 61.1 Å². The molecule has 0 unspecified atom stereocenters. The molecule has 0 bridgehead atoms. The van der Waals surface area contributed by atoms with Gasteiger partial charge >= 0.3 is 5.97 Å². The number of benzene rings is 1. The smallest absolute Gasteiger partial charge is 0.335 e. The molecule has 0 spiro atoms. The lowest BCUT2D eigenvalue weighted by Gasteiger charge is -2.40. The minimum atomic E-state index is -0.916. The summed E-state index contributed by atoms with van der Waals surface area (Å²) in [5.41, 5.74) is 10.1. The molecule has 6 rings (SSSR count). The first kappa shape index (κ1) is 23.6. The van der Waals surface area contributed by atoms with Gasteiger partial charge in [-0.25, -0.2) is 9.78 Å². The monoisotopic (exact) mass is 492 g/mol. The van der Waals surface area contributed by atoms with Crippen LogP contribution in [0.25, 0.3) is 22.5 Å². The second-order valence-electron chi connectivity index (χ2n) is 11.7. The molecule has 3 heterocycles. The maximum Gasteiger partial charge on any atom is 0.335 e. The van der Waals surface area contributed by atoms with Crippen molar-refractivity contribution in [3.63, 3.8) is 0 Å². The molecule has 0 fully saturated rings. The number of aromatic nitrogens is 4. The number of aryl methyl sites for hydroxylation is 1. The van der Waals surface area contributed by atoms with Crippen molar-refractivity contribution in [3.05, 3.63) is 88.8 Å². The standard InChI is InChI=1S/C31H32N4O2/c1-30(2)14-15-31(3,4)28-27(30)33-24-13-12-22-23(19-8-10-20(11-9-19)29(36)37)18-35(26(22)25(24)34-28)17-21-7-5-6-16-32-21/h5-11,16,18H,12-15,17H2,1-4H3,(H,36,37).